The van der Waals surface area contributed by atoms with Gasteiger partial charge in [-0.05, 0) is 51.1 Å². The van der Waals surface area contributed by atoms with Gasteiger partial charge < -0.3 is 10.2 Å². The Balaban J connectivity index is 0.00000225. The van der Waals surface area contributed by atoms with E-state index >= 15 is 0 Å². The highest BCUT2D eigenvalue weighted by Gasteiger charge is 2.37. The van der Waals surface area contributed by atoms with Crippen LogP contribution in [0.4, 0.5) is 0 Å². The molecule has 0 aromatic heterocycles. The summed E-state index contributed by atoms with van der Waals surface area (Å²) in [5.74, 6) is 0.611. The van der Waals surface area contributed by atoms with E-state index in [-0.39, 0.29) is 30.3 Å². The van der Waals surface area contributed by atoms with Crippen molar-refractivity contribution in [2.24, 2.45) is 11.8 Å². The van der Waals surface area contributed by atoms with Crippen molar-refractivity contribution >= 4 is 28.3 Å². The normalized spacial score (nSPS) is 31.6. The highest BCUT2D eigenvalue weighted by molar-refractivity contribution is 7.90. The van der Waals surface area contributed by atoms with Gasteiger partial charge in [0, 0.05) is 25.0 Å². The van der Waals surface area contributed by atoms with E-state index in [9.17, 15) is 13.2 Å². The zero-order chi connectivity index (χ0) is 17.2. The van der Waals surface area contributed by atoms with Crippen molar-refractivity contribution in [1.29, 1.82) is 0 Å². The Kier molecular flexibility index (Phi) is 7.55. The topological polar surface area (TPSA) is 78.5 Å². The van der Waals surface area contributed by atoms with Crippen LogP contribution in [0.15, 0.2) is 0 Å². The molecule has 25 heavy (non-hydrogen) atoms. The van der Waals surface area contributed by atoms with Crippen LogP contribution in [-0.2, 0) is 14.8 Å². The molecule has 2 aliphatic heterocycles. The Hall–Kier alpha value is -0.370. The van der Waals surface area contributed by atoms with Crippen molar-refractivity contribution in [3.63, 3.8) is 0 Å². The zero-order valence-electron chi connectivity index (χ0n) is 15.1. The maximum Gasteiger partial charge on any atom is 0.225 e. The van der Waals surface area contributed by atoms with Crippen LogP contribution in [0.1, 0.15) is 51.9 Å². The first-order valence-electron chi connectivity index (χ1n) is 9.48. The minimum Gasteiger partial charge on any atom is -0.341 e. The van der Waals surface area contributed by atoms with Gasteiger partial charge in [-0.3, -0.25) is 4.79 Å². The molecule has 0 aromatic rings. The Bertz CT molecular complexity index is 551. The van der Waals surface area contributed by atoms with Gasteiger partial charge in [0.2, 0.25) is 15.9 Å². The molecule has 146 valence electrons. The van der Waals surface area contributed by atoms with E-state index < -0.39 is 15.3 Å². The first kappa shape index (κ1) is 20.9. The number of sulfonamides is 1. The Morgan fingerprint density at radius 2 is 1.84 bits per heavy atom. The SMILES string of the molecule is CC1CNCCC1NS(=O)(=O)C1CCCN(C(=O)C2CCCC2)C1.Cl. The quantitative estimate of drug-likeness (QED) is 0.758. The summed E-state index contributed by atoms with van der Waals surface area (Å²) < 4.78 is 28.6. The Morgan fingerprint density at radius 3 is 2.52 bits per heavy atom. The summed E-state index contributed by atoms with van der Waals surface area (Å²) in [6, 6.07) is 0.0113. The Morgan fingerprint density at radius 1 is 1.12 bits per heavy atom. The smallest absolute Gasteiger partial charge is 0.225 e. The maximum absolute atomic E-state index is 12.8. The minimum atomic E-state index is -3.38. The summed E-state index contributed by atoms with van der Waals surface area (Å²) >= 11 is 0. The van der Waals surface area contributed by atoms with Crippen molar-refractivity contribution in [2.75, 3.05) is 26.2 Å². The second kappa shape index (κ2) is 9.02. The third-order valence-electron chi connectivity index (χ3n) is 5.93. The number of hydrogen-bond donors (Lipinski definition) is 2. The number of piperidine rings is 2. The molecule has 3 unspecified atom stereocenters. The molecule has 3 atom stereocenters. The molecule has 0 aromatic carbocycles. The molecule has 3 rings (SSSR count). The molecule has 8 heteroatoms. The summed E-state index contributed by atoms with van der Waals surface area (Å²) in [5, 5.41) is 2.84. The molecule has 1 aliphatic carbocycles. The fourth-order valence-corrected chi connectivity index (χ4v) is 6.14. The van der Waals surface area contributed by atoms with Gasteiger partial charge in [0.25, 0.3) is 0 Å². The highest BCUT2D eigenvalue weighted by atomic mass is 35.5. The van der Waals surface area contributed by atoms with Crippen LogP contribution in [0.3, 0.4) is 0 Å². The van der Waals surface area contributed by atoms with Crippen LogP contribution in [0.2, 0.25) is 0 Å². The number of nitrogens with one attached hydrogen (secondary N) is 2. The summed E-state index contributed by atoms with van der Waals surface area (Å²) in [7, 11) is -3.38. The molecule has 1 amide bonds. The third kappa shape index (κ3) is 5.08. The van der Waals surface area contributed by atoms with Crippen LogP contribution < -0.4 is 10.0 Å². The lowest BCUT2D eigenvalue weighted by Crippen LogP contribution is -2.54. The van der Waals surface area contributed by atoms with Crippen molar-refractivity contribution < 1.29 is 13.2 Å². The van der Waals surface area contributed by atoms with Crippen LogP contribution in [-0.4, -0.2) is 56.7 Å². The maximum atomic E-state index is 12.8. The van der Waals surface area contributed by atoms with E-state index in [1.807, 2.05) is 4.90 Å². The molecule has 2 saturated heterocycles. The molecular formula is C17H32ClN3O3S. The molecule has 0 radical (unpaired) electrons. The van der Waals surface area contributed by atoms with E-state index in [1.54, 1.807) is 0 Å². The highest BCUT2D eigenvalue weighted by Crippen LogP contribution is 2.28. The van der Waals surface area contributed by atoms with Gasteiger partial charge in [0.05, 0.1) is 5.25 Å². The molecule has 6 nitrogen and oxygen atoms in total. The lowest BCUT2D eigenvalue weighted by Gasteiger charge is -2.36. The van der Waals surface area contributed by atoms with Gasteiger partial charge in [-0.25, -0.2) is 13.1 Å². The number of carbonyl (C=O) groups excluding carboxylic acids is 1. The van der Waals surface area contributed by atoms with Crippen molar-refractivity contribution in [2.45, 2.75) is 63.2 Å². The molecule has 1 saturated carbocycles. The van der Waals surface area contributed by atoms with E-state index in [2.05, 4.69) is 17.0 Å². The van der Waals surface area contributed by atoms with Crippen LogP contribution in [0.25, 0.3) is 0 Å². The second-order valence-electron chi connectivity index (χ2n) is 7.77. The standard InChI is InChI=1S/C17H31N3O3S.ClH/c1-13-11-18-9-8-16(13)19-24(22,23)15-7-4-10-20(12-15)17(21)14-5-2-3-6-14;/h13-16,18-19H,2-12H2,1H3;1H. The van der Waals surface area contributed by atoms with Crippen LogP contribution >= 0.6 is 12.4 Å². The molecule has 3 aliphatic rings. The largest absolute Gasteiger partial charge is 0.341 e. The average Bonchev–Trinajstić information content (AvgIpc) is 3.11. The van der Waals surface area contributed by atoms with Crippen LogP contribution in [0.5, 0.6) is 0 Å². The van der Waals surface area contributed by atoms with Crippen LogP contribution in [0, 0.1) is 11.8 Å². The van der Waals surface area contributed by atoms with Crippen molar-refractivity contribution in [1.82, 2.24) is 14.9 Å². The summed E-state index contributed by atoms with van der Waals surface area (Å²) in [6.45, 7) is 4.86. The zero-order valence-corrected chi connectivity index (χ0v) is 16.7. The number of hydrogen-bond acceptors (Lipinski definition) is 4. The minimum absolute atomic E-state index is 0. The first-order valence-corrected chi connectivity index (χ1v) is 11.0. The predicted octanol–water partition coefficient (Wildman–Crippen LogP) is 1.51. The van der Waals surface area contributed by atoms with E-state index in [0.717, 1.165) is 51.6 Å². The lowest BCUT2D eigenvalue weighted by molar-refractivity contribution is -0.136. The number of nitrogens with zero attached hydrogens (tertiary/aromatic N) is 1. The number of likely N-dealkylation sites (tertiary alicyclic amines) is 1. The van der Waals surface area contributed by atoms with E-state index in [4.69, 9.17) is 0 Å². The predicted molar refractivity (Wildman–Crippen MR) is 101 cm³/mol. The summed E-state index contributed by atoms with van der Waals surface area (Å²) in [4.78, 5) is 14.4. The Labute approximate surface area is 157 Å². The van der Waals surface area contributed by atoms with Crippen molar-refractivity contribution in [3.8, 4) is 0 Å². The van der Waals surface area contributed by atoms with Gasteiger partial charge in [0.1, 0.15) is 0 Å². The first-order chi connectivity index (χ1) is 11.5. The van der Waals surface area contributed by atoms with Crippen molar-refractivity contribution in [3.05, 3.63) is 0 Å². The number of rotatable bonds is 4. The summed E-state index contributed by atoms with van der Waals surface area (Å²) in [6.07, 6.45) is 6.46. The average molecular weight is 394 g/mol. The third-order valence-corrected chi connectivity index (χ3v) is 7.83. The molecule has 0 bridgehead atoms. The summed E-state index contributed by atoms with van der Waals surface area (Å²) in [5.41, 5.74) is 0. The number of carbonyl (C=O) groups is 1. The lowest BCUT2D eigenvalue weighted by atomic mass is 9.97. The van der Waals surface area contributed by atoms with Gasteiger partial charge >= 0.3 is 0 Å². The fraction of sp³-hybridized carbons (Fsp3) is 0.941. The van der Waals surface area contributed by atoms with Gasteiger partial charge in [-0.2, -0.15) is 0 Å². The van der Waals surface area contributed by atoms with E-state index in [1.165, 1.54) is 0 Å². The number of halogens is 1. The molecule has 2 heterocycles. The van der Waals surface area contributed by atoms with Gasteiger partial charge in [-0.15, -0.1) is 12.4 Å². The molecule has 2 N–H and O–H groups in total. The molecular weight excluding hydrogens is 362 g/mol. The van der Waals surface area contributed by atoms with Gasteiger partial charge in [0.15, 0.2) is 0 Å². The molecule has 0 spiro atoms. The fourth-order valence-electron chi connectivity index (χ4n) is 4.32. The number of amides is 1. The van der Waals surface area contributed by atoms with Gasteiger partial charge in [-0.1, -0.05) is 19.8 Å². The molecule has 3 fully saturated rings. The monoisotopic (exact) mass is 393 g/mol. The van der Waals surface area contributed by atoms with E-state index in [0.29, 0.717) is 25.4 Å². The second-order valence-corrected chi connectivity index (χ2v) is 9.76.